The molecule has 0 fully saturated rings. The second-order valence-electron chi connectivity index (χ2n) is 3.77. The van der Waals surface area contributed by atoms with Crippen LogP contribution in [0.4, 0.5) is 4.39 Å². The highest BCUT2D eigenvalue weighted by Gasteiger charge is 2.13. The lowest BCUT2D eigenvalue weighted by Crippen LogP contribution is -2.03. The zero-order chi connectivity index (χ0) is 12.4. The highest BCUT2D eigenvalue weighted by Crippen LogP contribution is 2.20. The number of benzene rings is 2. The third kappa shape index (κ3) is 2.37. The maximum atomic E-state index is 13.4. The Morgan fingerprint density at radius 3 is 2.53 bits per heavy atom. The van der Waals surface area contributed by atoms with Crippen LogP contribution in [0.3, 0.4) is 0 Å². The Balaban J connectivity index is 2.44. The van der Waals surface area contributed by atoms with E-state index in [1.54, 1.807) is 43.3 Å². The average Bonchev–Trinajstić information content (AvgIpc) is 2.32. The zero-order valence-corrected chi connectivity index (χ0v) is 9.96. The second kappa shape index (κ2) is 4.68. The molecular formula is C14H10ClFO. The number of aryl methyl sites for hydroxylation is 1. The molecule has 0 unspecified atom stereocenters. The molecule has 17 heavy (non-hydrogen) atoms. The Kier molecular flexibility index (Phi) is 3.25. The fourth-order valence-electron chi connectivity index (χ4n) is 1.53. The van der Waals surface area contributed by atoms with Gasteiger partial charge in [-0.05, 0) is 30.7 Å². The lowest BCUT2D eigenvalue weighted by Gasteiger charge is -2.04. The molecule has 0 saturated carbocycles. The number of rotatable bonds is 2. The van der Waals surface area contributed by atoms with Gasteiger partial charge in [0.2, 0.25) is 0 Å². The summed E-state index contributed by atoms with van der Waals surface area (Å²) < 4.78 is 13.4. The largest absolute Gasteiger partial charge is 0.289 e. The first-order valence-corrected chi connectivity index (χ1v) is 5.53. The Hall–Kier alpha value is -1.67. The van der Waals surface area contributed by atoms with Gasteiger partial charge in [-0.25, -0.2) is 4.39 Å². The minimum Gasteiger partial charge on any atom is -0.289 e. The minimum absolute atomic E-state index is 0.269. The van der Waals surface area contributed by atoms with Crippen molar-refractivity contribution in [2.75, 3.05) is 0 Å². The minimum atomic E-state index is -0.386. The van der Waals surface area contributed by atoms with Crippen LogP contribution in [0.2, 0.25) is 5.02 Å². The van der Waals surface area contributed by atoms with Crippen LogP contribution in [-0.2, 0) is 0 Å². The molecule has 0 N–H and O–H groups in total. The van der Waals surface area contributed by atoms with Crippen molar-refractivity contribution >= 4 is 17.4 Å². The van der Waals surface area contributed by atoms with Gasteiger partial charge in [0.1, 0.15) is 5.82 Å². The maximum Gasteiger partial charge on any atom is 0.194 e. The summed E-state index contributed by atoms with van der Waals surface area (Å²) in [6.45, 7) is 1.65. The molecule has 0 spiro atoms. The standard InChI is InChI=1S/C14H10ClFO/c1-9-6-7-10(8-13(9)16)14(17)11-4-2-3-5-12(11)15/h2-8H,1H3. The summed E-state index contributed by atoms with van der Waals surface area (Å²) in [5, 5.41) is 0.374. The first-order valence-electron chi connectivity index (χ1n) is 5.15. The average molecular weight is 249 g/mol. The van der Waals surface area contributed by atoms with E-state index in [1.807, 2.05) is 0 Å². The van der Waals surface area contributed by atoms with E-state index in [2.05, 4.69) is 0 Å². The molecule has 0 radical (unpaired) electrons. The second-order valence-corrected chi connectivity index (χ2v) is 4.18. The maximum absolute atomic E-state index is 13.4. The van der Waals surface area contributed by atoms with Gasteiger partial charge < -0.3 is 0 Å². The molecule has 0 aliphatic rings. The van der Waals surface area contributed by atoms with Gasteiger partial charge in [0, 0.05) is 11.1 Å². The van der Waals surface area contributed by atoms with Crippen LogP contribution < -0.4 is 0 Å². The number of carbonyl (C=O) groups is 1. The molecule has 2 aromatic rings. The van der Waals surface area contributed by atoms with Crippen LogP contribution in [0.5, 0.6) is 0 Å². The predicted molar refractivity (Wildman–Crippen MR) is 66.0 cm³/mol. The fraction of sp³-hybridized carbons (Fsp3) is 0.0714. The van der Waals surface area contributed by atoms with Crippen molar-refractivity contribution in [3.05, 3.63) is 70.0 Å². The molecule has 0 atom stereocenters. The monoisotopic (exact) mass is 248 g/mol. The van der Waals surface area contributed by atoms with E-state index < -0.39 is 0 Å². The van der Waals surface area contributed by atoms with Crippen LogP contribution >= 0.6 is 11.6 Å². The summed E-state index contributed by atoms with van der Waals surface area (Å²) in [6.07, 6.45) is 0. The van der Waals surface area contributed by atoms with E-state index in [-0.39, 0.29) is 11.6 Å². The Labute approximate surface area is 104 Å². The molecule has 0 amide bonds. The first-order chi connectivity index (χ1) is 8.09. The van der Waals surface area contributed by atoms with Gasteiger partial charge in [-0.1, -0.05) is 35.9 Å². The molecule has 0 heterocycles. The van der Waals surface area contributed by atoms with Crippen molar-refractivity contribution in [1.29, 1.82) is 0 Å². The highest BCUT2D eigenvalue weighted by molar-refractivity contribution is 6.34. The van der Waals surface area contributed by atoms with Crippen molar-refractivity contribution in [2.24, 2.45) is 0 Å². The topological polar surface area (TPSA) is 17.1 Å². The summed E-state index contributed by atoms with van der Waals surface area (Å²) in [5.41, 5.74) is 1.21. The summed E-state index contributed by atoms with van der Waals surface area (Å²) in [5.74, 6) is -0.655. The summed E-state index contributed by atoms with van der Waals surface area (Å²) in [6, 6.07) is 11.2. The third-order valence-electron chi connectivity index (χ3n) is 2.55. The molecule has 0 aliphatic heterocycles. The van der Waals surface area contributed by atoms with Crippen LogP contribution in [0.1, 0.15) is 21.5 Å². The lowest BCUT2D eigenvalue weighted by atomic mass is 10.0. The Morgan fingerprint density at radius 1 is 1.18 bits per heavy atom. The van der Waals surface area contributed by atoms with E-state index >= 15 is 0 Å². The third-order valence-corrected chi connectivity index (χ3v) is 2.88. The van der Waals surface area contributed by atoms with Gasteiger partial charge in [0.05, 0.1) is 5.02 Å². The zero-order valence-electron chi connectivity index (χ0n) is 9.21. The Bertz CT molecular complexity index is 578. The molecule has 2 aromatic carbocycles. The summed E-state index contributed by atoms with van der Waals surface area (Å²) in [4.78, 5) is 12.1. The molecule has 0 aromatic heterocycles. The van der Waals surface area contributed by atoms with E-state index in [0.29, 0.717) is 21.7 Å². The van der Waals surface area contributed by atoms with Crippen LogP contribution in [-0.4, -0.2) is 5.78 Å². The first kappa shape index (κ1) is 11.8. The number of carbonyl (C=O) groups excluding carboxylic acids is 1. The molecule has 2 rings (SSSR count). The normalized spacial score (nSPS) is 10.3. The van der Waals surface area contributed by atoms with Gasteiger partial charge in [-0.2, -0.15) is 0 Å². The number of hydrogen-bond acceptors (Lipinski definition) is 1. The van der Waals surface area contributed by atoms with Gasteiger partial charge in [-0.15, -0.1) is 0 Å². The van der Waals surface area contributed by atoms with Crippen molar-refractivity contribution in [2.45, 2.75) is 6.92 Å². The lowest BCUT2D eigenvalue weighted by molar-refractivity contribution is 0.103. The number of hydrogen-bond donors (Lipinski definition) is 0. The predicted octanol–water partition coefficient (Wildman–Crippen LogP) is 4.02. The van der Waals surface area contributed by atoms with E-state index in [4.69, 9.17) is 11.6 Å². The Morgan fingerprint density at radius 2 is 1.88 bits per heavy atom. The van der Waals surface area contributed by atoms with Crippen molar-refractivity contribution in [3.63, 3.8) is 0 Å². The molecule has 3 heteroatoms. The van der Waals surface area contributed by atoms with E-state index in [9.17, 15) is 9.18 Å². The van der Waals surface area contributed by atoms with Gasteiger partial charge in [0.15, 0.2) is 5.78 Å². The smallest absolute Gasteiger partial charge is 0.194 e. The van der Waals surface area contributed by atoms with Gasteiger partial charge in [-0.3, -0.25) is 4.79 Å². The molecule has 1 nitrogen and oxygen atoms in total. The van der Waals surface area contributed by atoms with E-state index in [1.165, 1.54) is 6.07 Å². The summed E-state index contributed by atoms with van der Waals surface area (Å²) >= 11 is 5.93. The molecule has 0 aliphatic carbocycles. The SMILES string of the molecule is Cc1ccc(C(=O)c2ccccc2Cl)cc1F. The molecule has 86 valence electrons. The van der Waals surface area contributed by atoms with Crippen LogP contribution in [0, 0.1) is 12.7 Å². The van der Waals surface area contributed by atoms with E-state index in [0.717, 1.165) is 0 Å². The fourth-order valence-corrected chi connectivity index (χ4v) is 1.76. The highest BCUT2D eigenvalue weighted by atomic mass is 35.5. The van der Waals surface area contributed by atoms with Crippen LogP contribution in [0.25, 0.3) is 0 Å². The molecular weight excluding hydrogens is 239 g/mol. The van der Waals surface area contributed by atoms with Crippen molar-refractivity contribution in [3.8, 4) is 0 Å². The van der Waals surface area contributed by atoms with Crippen molar-refractivity contribution < 1.29 is 9.18 Å². The number of halogens is 2. The quantitative estimate of drug-likeness (QED) is 0.734. The number of ketones is 1. The van der Waals surface area contributed by atoms with Crippen molar-refractivity contribution in [1.82, 2.24) is 0 Å². The molecule has 0 saturated heterocycles. The van der Waals surface area contributed by atoms with Crippen LogP contribution in [0.15, 0.2) is 42.5 Å². The van der Waals surface area contributed by atoms with Gasteiger partial charge >= 0.3 is 0 Å². The molecule has 0 bridgehead atoms. The van der Waals surface area contributed by atoms with Gasteiger partial charge in [0.25, 0.3) is 0 Å². The summed E-state index contributed by atoms with van der Waals surface area (Å²) in [7, 11) is 0.